The summed E-state index contributed by atoms with van der Waals surface area (Å²) in [5.41, 5.74) is 2.68. The number of benzene rings is 2. The minimum atomic E-state index is -0.573. The van der Waals surface area contributed by atoms with Crippen molar-refractivity contribution in [2.24, 2.45) is 0 Å². The Morgan fingerprint density at radius 1 is 0.912 bits per heavy atom. The van der Waals surface area contributed by atoms with Gasteiger partial charge < -0.3 is 28.6 Å². The summed E-state index contributed by atoms with van der Waals surface area (Å²) in [6.45, 7) is 2.15. The van der Waals surface area contributed by atoms with Crippen LogP contribution in [0.3, 0.4) is 0 Å². The number of allylic oxidation sites excluding steroid dienone is 1. The van der Waals surface area contributed by atoms with Crippen molar-refractivity contribution in [3.8, 4) is 23.0 Å². The number of methoxy groups -OCH3 is 5. The molecule has 0 spiro atoms. The largest absolute Gasteiger partial charge is 0.497 e. The fourth-order valence-electron chi connectivity index (χ4n) is 3.88. The molecule has 0 aromatic heterocycles. The van der Waals surface area contributed by atoms with Crippen LogP contribution in [0.25, 0.3) is 6.08 Å². The molecule has 8 heteroatoms. The number of nitrogens with zero attached hydrogens (tertiary/aromatic N) is 1. The fourth-order valence-corrected chi connectivity index (χ4v) is 3.88. The van der Waals surface area contributed by atoms with Gasteiger partial charge in [-0.1, -0.05) is 12.1 Å². The molecule has 1 aliphatic heterocycles. The number of hydrogen-bond acceptors (Lipinski definition) is 7. The van der Waals surface area contributed by atoms with Gasteiger partial charge in [0.25, 0.3) is 5.91 Å². The maximum atomic E-state index is 13.4. The monoisotopic (exact) mass is 467 g/mol. The predicted octanol–water partition coefficient (Wildman–Crippen LogP) is 3.64. The summed E-state index contributed by atoms with van der Waals surface area (Å²) in [6, 6.07) is 11.1. The molecule has 1 aliphatic rings. The normalized spacial score (nSPS) is 14.5. The van der Waals surface area contributed by atoms with Crippen molar-refractivity contribution in [1.82, 2.24) is 4.90 Å². The van der Waals surface area contributed by atoms with Gasteiger partial charge >= 0.3 is 5.97 Å². The Hall–Kier alpha value is -3.94. The maximum absolute atomic E-state index is 13.4. The molecule has 0 saturated carbocycles. The van der Waals surface area contributed by atoms with Crippen LogP contribution in [0, 0.1) is 0 Å². The van der Waals surface area contributed by atoms with E-state index in [0.29, 0.717) is 41.5 Å². The molecule has 0 bridgehead atoms. The van der Waals surface area contributed by atoms with Gasteiger partial charge in [-0.2, -0.15) is 0 Å². The average Bonchev–Trinajstić information content (AvgIpc) is 3.10. The van der Waals surface area contributed by atoms with E-state index in [4.69, 9.17) is 23.7 Å². The van der Waals surface area contributed by atoms with Crippen LogP contribution in [-0.4, -0.2) is 58.9 Å². The van der Waals surface area contributed by atoms with Gasteiger partial charge in [-0.3, -0.25) is 4.79 Å². The summed E-state index contributed by atoms with van der Waals surface area (Å²) in [4.78, 5) is 27.6. The number of hydrogen-bond donors (Lipinski definition) is 0. The van der Waals surface area contributed by atoms with Crippen molar-refractivity contribution < 1.29 is 33.3 Å². The van der Waals surface area contributed by atoms with E-state index in [1.165, 1.54) is 28.4 Å². The number of carbonyl (C=O) groups excluding carboxylic acids is 2. The number of rotatable bonds is 9. The van der Waals surface area contributed by atoms with E-state index in [0.717, 1.165) is 11.3 Å². The van der Waals surface area contributed by atoms with E-state index in [1.807, 2.05) is 24.3 Å². The van der Waals surface area contributed by atoms with E-state index < -0.39 is 5.97 Å². The highest BCUT2D eigenvalue weighted by molar-refractivity contribution is 6.16. The quantitative estimate of drug-likeness (QED) is 0.411. The van der Waals surface area contributed by atoms with Crippen LogP contribution < -0.4 is 18.9 Å². The van der Waals surface area contributed by atoms with Crippen molar-refractivity contribution in [2.75, 3.05) is 42.1 Å². The first-order valence-corrected chi connectivity index (χ1v) is 10.6. The zero-order valence-electron chi connectivity index (χ0n) is 20.3. The number of carbonyl (C=O) groups is 2. The van der Waals surface area contributed by atoms with Crippen LogP contribution >= 0.6 is 0 Å². The summed E-state index contributed by atoms with van der Waals surface area (Å²) in [7, 11) is 7.45. The third-order valence-electron chi connectivity index (χ3n) is 5.68. The van der Waals surface area contributed by atoms with Crippen molar-refractivity contribution in [3.05, 3.63) is 64.4 Å². The molecule has 8 nitrogen and oxygen atoms in total. The van der Waals surface area contributed by atoms with Crippen LogP contribution in [-0.2, 0) is 20.7 Å². The minimum absolute atomic E-state index is 0.232. The molecule has 1 amide bonds. The number of ether oxygens (including phenoxy) is 5. The van der Waals surface area contributed by atoms with E-state index in [9.17, 15) is 9.59 Å². The van der Waals surface area contributed by atoms with E-state index in [-0.39, 0.29) is 17.1 Å². The first-order valence-electron chi connectivity index (χ1n) is 10.6. The Morgan fingerprint density at radius 2 is 1.53 bits per heavy atom. The van der Waals surface area contributed by atoms with Gasteiger partial charge in [0, 0.05) is 12.2 Å². The standard InChI is InChI=1S/C26H29NO7/c1-16-23(26(29)34-6)20(13-18-14-21(31-3)24(33-5)22(15-18)32-4)25(28)27(16)12-11-17-7-9-19(30-2)10-8-17/h7-10,13-15H,11-12H2,1-6H3/b20-13-. The van der Waals surface area contributed by atoms with Crippen LogP contribution in [0.15, 0.2) is 53.2 Å². The molecule has 2 aromatic rings. The van der Waals surface area contributed by atoms with E-state index in [2.05, 4.69) is 0 Å². The summed E-state index contributed by atoms with van der Waals surface area (Å²) < 4.78 is 26.4. The van der Waals surface area contributed by atoms with Crippen molar-refractivity contribution in [1.29, 1.82) is 0 Å². The number of amides is 1. The highest BCUT2D eigenvalue weighted by Crippen LogP contribution is 2.40. The highest BCUT2D eigenvalue weighted by Gasteiger charge is 2.36. The Morgan fingerprint density at radius 3 is 2.03 bits per heavy atom. The van der Waals surface area contributed by atoms with Gasteiger partial charge in [0.1, 0.15) is 5.75 Å². The zero-order valence-corrected chi connectivity index (χ0v) is 20.3. The smallest absolute Gasteiger partial charge is 0.340 e. The summed E-state index contributed by atoms with van der Waals surface area (Å²) >= 11 is 0. The second kappa shape index (κ2) is 10.8. The van der Waals surface area contributed by atoms with E-state index in [1.54, 1.807) is 37.1 Å². The van der Waals surface area contributed by atoms with Crippen molar-refractivity contribution in [2.45, 2.75) is 13.3 Å². The van der Waals surface area contributed by atoms with Crippen LogP contribution in [0.1, 0.15) is 18.1 Å². The van der Waals surface area contributed by atoms with Gasteiger partial charge in [-0.15, -0.1) is 0 Å². The van der Waals surface area contributed by atoms with E-state index >= 15 is 0 Å². The van der Waals surface area contributed by atoms with Crippen LogP contribution in [0.2, 0.25) is 0 Å². The Bertz CT molecular complexity index is 1110. The molecule has 180 valence electrons. The van der Waals surface area contributed by atoms with Gasteiger partial charge in [-0.25, -0.2) is 4.79 Å². The van der Waals surface area contributed by atoms with Crippen molar-refractivity contribution >= 4 is 18.0 Å². The van der Waals surface area contributed by atoms with Gasteiger partial charge in [-0.05, 0) is 54.8 Å². The lowest BCUT2D eigenvalue weighted by atomic mass is 10.0. The second-order valence-corrected chi connectivity index (χ2v) is 7.52. The predicted molar refractivity (Wildman–Crippen MR) is 127 cm³/mol. The molecule has 0 unspecified atom stereocenters. The van der Waals surface area contributed by atoms with Crippen molar-refractivity contribution in [3.63, 3.8) is 0 Å². The highest BCUT2D eigenvalue weighted by atomic mass is 16.5. The Kier molecular flexibility index (Phi) is 7.83. The third kappa shape index (κ3) is 4.85. The van der Waals surface area contributed by atoms with Gasteiger partial charge in [0.15, 0.2) is 11.5 Å². The molecule has 1 heterocycles. The molecule has 0 aliphatic carbocycles. The molecule has 0 atom stereocenters. The molecule has 0 radical (unpaired) electrons. The maximum Gasteiger partial charge on any atom is 0.340 e. The Balaban J connectivity index is 1.97. The second-order valence-electron chi connectivity index (χ2n) is 7.52. The summed E-state index contributed by atoms with van der Waals surface area (Å²) in [6.07, 6.45) is 2.24. The Labute approximate surface area is 199 Å². The molecule has 34 heavy (non-hydrogen) atoms. The molecule has 0 saturated heterocycles. The van der Waals surface area contributed by atoms with Gasteiger partial charge in [0.2, 0.25) is 5.75 Å². The van der Waals surface area contributed by atoms with Gasteiger partial charge in [0.05, 0.1) is 46.7 Å². The summed E-state index contributed by atoms with van der Waals surface area (Å²) in [5, 5.41) is 0. The molecule has 0 fully saturated rings. The zero-order chi connectivity index (χ0) is 24.8. The molecule has 3 rings (SSSR count). The van der Waals surface area contributed by atoms with Crippen LogP contribution in [0.5, 0.6) is 23.0 Å². The lowest BCUT2D eigenvalue weighted by Gasteiger charge is -2.18. The number of esters is 1. The third-order valence-corrected chi connectivity index (χ3v) is 5.68. The average molecular weight is 468 g/mol. The topological polar surface area (TPSA) is 83.5 Å². The first-order chi connectivity index (χ1) is 16.4. The SMILES string of the molecule is COC(=O)C1=C(C)N(CCc2ccc(OC)cc2)C(=O)/C1=C\c1cc(OC)c(OC)c(OC)c1. The molecular formula is C26H29NO7. The minimum Gasteiger partial charge on any atom is -0.497 e. The van der Waals surface area contributed by atoms with Crippen LogP contribution in [0.4, 0.5) is 0 Å². The fraction of sp³-hybridized carbons (Fsp3) is 0.308. The first kappa shape index (κ1) is 24.7. The molecule has 2 aromatic carbocycles. The molecular weight excluding hydrogens is 438 g/mol. The summed E-state index contributed by atoms with van der Waals surface area (Å²) in [5.74, 6) is 1.23. The lowest BCUT2D eigenvalue weighted by Crippen LogP contribution is -2.27. The lowest BCUT2D eigenvalue weighted by molar-refractivity contribution is -0.136. The molecule has 0 N–H and O–H groups in total.